The third-order valence-electron chi connectivity index (χ3n) is 3.84. The van der Waals surface area contributed by atoms with E-state index in [1.165, 1.54) is 18.6 Å². The zero-order valence-corrected chi connectivity index (χ0v) is 19.6. The molecule has 9 nitrogen and oxygen atoms in total. The number of aromatic nitrogens is 2. The molecule has 2 aromatic rings. The summed E-state index contributed by atoms with van der Waals surface area (Å²) in [4.78, 5) is 44.9. The minimum atomic E-state index is -0.993. The molecule has 0 radical (unpaired) electrons. The highest BCUT2D eigenvalue weighted by Gasteiger charge is 2.26. The molecular formula is C21H24Cl2N4O5. The molecule has 0 aromatic carbocycles. The molecule has 1 atom stereocenters. The molecule has 172 valence electrons. The molecule has 2 aromatic heterocycles. The number of halogens is 2. The molecule has 0 saturated heterocycles. The van der Waals surface area contributed by atoms with Crippen LogP contribution in [0.2, 0.25) is 10.0 Å². The van der Waals surface area contributed by atoms with Crippen LogP contribution in [0.1, 0.15) is 43.7 Å². The van der Waals surface area contributed by atoms with E-state index < -0.39 is 29.6 Å². The quantitative estimate of drug-likeness (QED) is 0.571. The van der Waals surface area contributed by atoms with E-state index in [1.54, 1.807) is 39.8 Å². The van der Waals surface area contributed by atoms with Crippen LogP contribution in [0.25, 0.3) is 0 Å². The number of nitrogens with one attached hydrogen (secondary N) is 2. The number of ether oxygens (including phenoxy) is 2. The summed E-state index contributed by atoms with van der Waals surface area (Å²) in [7, 11) is 0. The second-order valence-electron chi connectivity index (χ2n) is 7.63. The summed E-state index contributed by atoms with van der Waals surface area (Å²) < 4.78 is 10.2. The molecule has 32 heavy (non-hydrogen) atoms. The number of alkyl carbamates (subject to hydrolysis) is 1. The predicted molar refractivity (Wildman–Crippen MR) is 120 cm³/mol. The van der Waals surface area contributed by atoms with Crippen molar-refractivity contribution >= 4 is 46.9 Å². The lowest BCUT2D eigenvalue weighted by Gasteiger charge is -2.22. The van der Waals surface area contributed by atoms with Gasteiger partial charge in [0, 0.05) is 24.5 Å². The normalized spacial score (nSPS) is 11.9. The van der Waals surface area contributed by atoms with Crippen molar-refractivity contribution in [3.8, 4) is 0 Å². The Labute approximate surface area is 195 Å². The summed E-state index contributed by atoms with van der Waals surface area (Å²) >= 11 is 12.0. The van der Waals surface area contributed by atoms with E-state index in [0.29, 0.717) is 11.4 Å². The molecule has 0 aliphatic rings. The van der Waals surface area contributed by atoms with E-state index in [0.717, 1.165) is 0 Å². The van der Waals surface area contributed by atoms with Crippen molar-refractivity contribution in [1.29, 1.82) is 0 Å². The summed E-state index contributed by atoms with van der Waals surface area (Å²) in [6, 6.07) is 2.21. The van der Waals surface area contributed by atoms with Gasteiger partial charge in [-0.3, -0.25) is 14.8 Å². The molecule has 11 heteroatoms. The Kier molecular flexibility index (Phi) is 8.80. The largest absolute Gasteiger partial charge is 0.464 e. The molecule has 0 bridgehead atoms. The van der Waals surface area contributed by atoms with Gasteiger partial charge in [0.05, 0.1) is 34.1 Å². The Balaban J connectivity index is 2.09. The average molecular weight is 483 g/mol. The number of hydrogen-bond donors (Lipinski definition) is 2. The molecule has 0 aliphatic heterocycles. The van der Waals surface area contributed by atoms with Crippen LogP contribution in [0.5, 0.6) is 0 Å². The van der Waals surface area contributed by atoms with Crippen molar-refractivity contribution in [3.05, 3.63) is 52.0 Å². The molecule has 2 amide bonds. The van der Waals surface area contributed by atoms with E-state index in [4.69, 9.17) is 32.7 Å². The van der Waals surface area contributed by atoms with Crippen LogP contribution in [-0.2, 0) is 20.7 Å². The zero-order chi connectivity index (χ0) is 23.9. The first-order chi connectivity index (χ1) is 15.0. The number of carbonyl (C=O) groups excluding carboxylic acids is 3. The number of nitrogens with zero attached hydrogens (tertiary/aromatic N) is 2. The maximum Gasteiger partial charge on any atom is 0.408 e. The third kappa shape index (κ3) is 7.65. The first kappa shape index (κ1) is 25.4. The Morgan fingerprint density at radius 2 is 1.75 bits per heavy atom. The van der Waals surface area contributed by atoms with E-state index in [1.807, 2.05) is 0 Å². The number of anilines is 1. The number of hydrogen-bond acceptors (Lipinski definition) is 7. The molecule has 0 unspecified atom stereocenters. The maximum absolute atomic E-state index is 12.5. The van der Waals surface area contributed by atoms with Crippen LogP contribution in [-0.4, -0.2) is 46.2 Å². The van der Waals surface area contributed by atoms with Gasteiger partial charge in [0.25, 0.3) is 5.91 Å². The van der Waals surface area contributed by atoms with Crippen LogP contribution in [0.3, 0.4) is 0 Å². The van der Waals surface area contributed by atoms with Crippen molar-refractivity contribution in [1.82, 2.24) is 15.3 Å². The lowest BCUT2D eigenvalue weighted by molar-refractivity contribution is -0.145. The summed E-state index contributed by atoms with van der Waals surface area (Å²) in [5, 5.41) is 5.38. The zero-order valence-electron chi connectivity index (χ0n) is 18.1. The molecule has 0 saturated carbocycles. The Bertz CT molecular complexity index is 957. The van der Waals surface area contributed by atoms with Crippen LogP contribution in [0, 0.1) is 0 Å². The second kappa shape index (κ2) is 11.1. The first-order valence-corrected chi connectivity index (χ1v) is 10.5. The van der Waals surface area contributed by atoms with Gasteiger partial charge >= 0.3 is 12.1 Å². The van der Waals surface area contributed by atoms with Crippen molar-refractivity contribution in [2.45, 2.75) is 45.8 Å². The third-order valence-corrected chi connectivity index (χ3v) is 4.41. The molecular weight excluding hydrogens is 459 g/mol. The summed E-state index contributed by atoms with van der Waals surface area (Å²) in [5.41, 5.74) is 0.242. The fourth-order valence-electron chi connectivity index (χ4n) is 2.54. The number of esters is 1. The second-order valence-corrected chi connectivity index (χ2v) is 8.44. The highest BCUT2D eigenvalue weighted by Crippen LogP contribution is 2.24. The minimum absolute atomic E-state index is 0.0638. The van der Waals surface area contributed by atoms with Gasteiger partial charge in [0.1, 0.15) is 11.6 Å². The summed E-state index contributed by atoms with van der Waals surface area (Å²) in [5.74, 6) is -1.13. The molecule has 2 N–H and O–H groups in total. The number of amides is 2. The number of rotatable bonds is 7. The Morgan fingerprint density at radius 1 is 1.09 bits per heavy atom. The van der Waals surface area contributed by atoms with Crippen LogP contribution in [0.4, 0.5) is 10.5 Å². The fraction of sp³-hybridized carbons (Fsp3) is 0.381. The molecule has 0 spiro atoms. The van der Waals surface area contributed by atoms with Crippen molar-refractivity contribution < 1.29 is 23.9 Å². The van der Waals surface area contributed by atoms with E-state index in [2.05, 4.69) is 20.6 Å². The molecule has 2 rings (SSSR count). The van der Waals surface area contributed by atoms with E-state index in [9.17, 15) is 14.4 Å². The molecule has 0 aliphatic carbocycles. The van der Waals surface area contributed by atoms with Crippen LogP contribution in [0.15, 0.2) is 30.7 Å². The topological polar surface area (TPSA) is 120 Å². The number of carbonyl (C=O) groups is 3. The average Bonchev–Trinajstić information content (AvgIpc) is 2.67. The highest BCUT2D eigenvalue weighted by molar-refractivity contribution is 6.40. The summed E-state index contributed by atoms with van der Waals surface area (Å²) in [6.07, 6.45) is 3.36. The SMILES string of the molecule is CCOC(=O)[C@H](Cc1ccc(NC(=O)c2c(Cl)cncc2Cl)cn1)NC(=O)OC(C)(C)C. The smallest absolute Gasteiger partial charge is 0.408 e. The number of pyridine rings is 2. The van der Waals surface area contributed by atoms with Gasteiger partial charge in [-0.2, -0.15) is 0 Å². The highest BCUT2D eigenvalue weighted by atomic mass is 35.5. The predicted octanol–water partition coefficient (Wildman–Crippen LogP) is 4.03. The maximum atomic E-state index is 12.5. The lowest BCUT2D eigenvalue weighted by Crippen LogP contribution is -2.45. The first-order valence-electron chi connectivity index (χ1n) is 9.71. The van der Waals surface area contributed by atoms with Crippen molar-refractivity contribution in [2.75, 3.05) is 11.9 Å². The Hall–Kier alpha value is -2.91. The Morgan fingerprint density at radius 3 is 2.28 bits per heavy atom. The summed E-state index contributed by atoms with van der Waals surface area (Å²) in [6.45, 7) is 6.97. The van der Waals surface area contributed by atoms with Crippen molar-refractivity contribution in [2.24, 2.45) is 0 Å². The van der Waals surface area contributed by atoms with Gasteiger partial charge in [-0.1, -0.05) is 23.2 Å². The van der Waals surface area contributed by atoms with Crippen molar-refractivity contribution in [3.63, 3.8) is 0 Å². The van der Waals surface area contributed by atoms with Gasteiger partial charge in [-0.15, -0.1) is 0 Å². The molecule has 0 fully saturated rings. The van der Waals surface area contributed by atoms with Gasteiger partial charge in [-0.05, 0) is 39.8 Å². The van der Waals surface area contributed by atoms with Gasteiger partial charge in [-0.25, -0.2) is 9.59 Å². The van der Waals surface area contributed by atoms with Crippen LogP contribution >= 0.6 is 23.2 Å². The lowest BCUT2D eigenvalue weighted by atomic mass is 10.1. The molecule has 2 heterocycles. The van der Waals surface area contributed by atoms with Gasteiger partial charge < -0.3 is 20.1 Å². The van der Waals surface area contributed by atoms with Crippen LogP contribution < -0.4 is 10.6 Å². The monoisotopic (exact) mass is 482 g/mol. The van der Waals surface area contributed by atoms with Gasteiger partial charge in [0.15, 0.2) is 0 Å². The van der Waals surface area contributed by atoms with E-state index in [-0.39, 0.29) is 28.6 Å². The fourth-order valence-corrected chi connectivity index (χ4v) is 3.07. The standard InChI is InChI=1S/C21H24Cl2N4O5/c1-5-31-19(29)16(27-20(30)32-21(2,3)4)8-12-6-7-13(9-25-12)26-18(28)17-14(22)10-24-11-15(17)23/h6-7,9-11,16H,5,8H2,1-4H3,(H,26,28)(H,27,30)/t16-/m0/s1. The van der Waals surface area contributed by atoms with Gasteiger partial charge in [0.2, 0.25) is 0 Å². The minimum Gasteiger partial charge on any atom is -0.464 e. The van der Waals surface area contributed by atoms with E-state index >= 15 is 0 Å².